The first-order valence-corrected chi connectivity index (χ1v) is 6.54. The third kappa shape index (κ3) is 4.69. The highest BCUT2D eigenvalue weighted by molar-refractivity contribution is 5.29. The number of nitrogens with two attached hydrogens (primary N) is 1. The molecule has 4 heteroatoms. The predicted octanol–water partition coefficient (Wildman–Crippen LogP) is 1.90. The van der Waals surface area contributed by atoms with Crippen molar-refractivity contribution in [1.82, 2.24) is 14.9 Å². The molecule has 0 fully saturated rings. The van der Waals surface area contributed by atoms with Crippen molar-refractivity contribution in [3.05, 3.63) is 17.6 Å². The van der Waals surface area contributed by atoms with Gasteiger partial charge in [0.15, 0.2) is 0 Å². The Morgan fingerprint density at radius 2 is 1.82 bits per heavy atom. The maximum Gasteiger partial charge on any atom is 0.132 e. The molecule has 0 aliphatic heterocycles. The summed E-state index contributed by atoms with van der Waals surface area (Å²) >= 11 is 0. The first kappa shape index (κ1) is 13.9. The van der Waals surface area contributed by atoms with Crippen molar-refractivity contribution in [2.75, 3.05) is 25.4 Å². The van der Waals surface area contributed by atoms with E-state index in [2.05, 4.69) is 35.6 Å². The number of aryl methyl sites for hydroxylation is 1. The van der Waals surface area contributed by atoms with Gasteiger partial charge in [-0.15, -0.1) is 0 Å². The van der Waals surface area contributed by atoms with Gasteiger partial charge in [0.2, 0.25) is 0 Å². The lowest BCUT2D eigenvalue weighted by Gasteiger charge is -2.17. The second-order valence-corrected chi connectivity index (χ2v) is 4.23. The van der Waals surface area contributed by atoms with Crippen LogP contribution < -0.4 is 5.73 Å². The van der Waals surface area contributed by atoms with Crippen LogP contribution in [0.2, 0.25) is 0 Å². The van der Waals surface area contributed by atoms with E-state index in [4.69, 9.17) is 5.73 Å². The van der Waals surface area contributed by atoms with E-state index in [-0.39, 0.29) is 0 Å². The summed E-state index contributed by atoms with van der Waals surface area (Å²) in [5.41, 5.74) is 6.86. The van der Waals surface area contributed by atoms with Crippen molar-refractivity contribution in [1.29, 1.82) is 0 Å². The monoisotopic (exact) mass is 236 g/mol. The Morgan fingerprint density at radius 1 is 1.12 bits per heavy atom. The van der Waals surface area contributed by atoms with Crippen LogP contribution in [0, 0.1) is 0 Å². The molecule has 17 heavy (non-hydrogen) atoms. The lowest BCUT2D eigenvalue weighted by atomic mass is 10.2. The van der Waals surface area contributed by atoms with Gasteiger partial charge in [-0.2, -0.15) is 0 Å². The molecule has 0 unspecified atom stereocenters. The van der Waals surface area contributed by atoms with Gasteiger partial charge >= 0.3 is 0 Å². The summed E-state index contributed by atoms with van der Waals surface area (Å²) in [4.78, 5) is 11.2. The third-order valence-corrected chi connectivity index (χ3v) is 2.90. The zero-order valence-electron chi connectivity index (χ0n) is 11.2. The fraction of sp³-hybridized carbons (Fsp3) is 0.692. The van der Waals surface area contributed by atoms with Crippen LogP contribution in [0.3, 0.4) is 0 Å². The second-order valence-electron chi connectivity index (χ2n) is 4.23. The molecule has 1 rings (SSSR count). The first-order chi connectivity index (χ1) is 8.19. The number of aromatic nitrogens is 2. The van der Waals surface area contributed by atoms with Gasteiger partial charge in [0, 0.05) is 24.7 Å². The van der Waals surface area contributed by atoms with Crippen molar-refractivity contribution in [3.63, 3.8) is 0 Å². The van der Waals surface area contributed by atoms with Crippen LogP contribution in [0.15, 0.2) is 6.07 Å². The highest BCUT2D eigenvalue weighted by Crippen LogP contribution is 2.06. The summed E-state index contributed by atoms with van der Waals surface area (Å²) in [5.74, 6) is 1.47. The Balaban J connectivity index is 2.63. The first-order valence-electron chi connectivity index (χ1n) is 6.54. The fourth-order valence-electron chi connectivity index (χ4n) is 1.87. The van der Waals surface area contributed by atoms with Gasteiger partial charge in [-0.25, -0.2) is 9.97 Å². The van der Waals surface area contributed by atoms with E-state index in [0.717, 1.165) is 50.4 Å². The summed E-state index contributed by atoms with van der Waals surface area (Å²) in [6.45, 7) is 9.63. The third-order valence-electron chi connectivity index (χ3n) is 2.90. The molecular formula is C13H24N4. The molecule has 0 aliphatic rings. The number of hydrogen-bond acceptors (Lipinski definition) is 4. The van der Waals surface area contributed by atoms with Crippen LogP contribution in [0.4, 0.5) is 5.82 Å². The van der Waals surface area contributed by atoms with Gasteiger partial charge in [-0.1, -0.05) is 27.2 Å². The van der Waals surface area contributed by atoms with Crippen molar-refractivity contribution in [2.45, 2.75) is 40.0 Å². The smallest absolute Gasteiger partial charge is 0.132 e. The summed E-state index contributed by atoms with van der Waals surface area (Å²) in [6.07, 6.45) is 2.94. The largest absolute Gasteiger partial charge is 0.384 e. The second kappa shape index (κ2) is 7.22. The minimum atomic E-state index is 0.595. The lowest BCUT2D eigenvalue weighted by molar-refractivity contribution is 0.305. The quantitative estimate of drug-likeness (QED) is 0.785. The lowest BCUT2D eigenvalue weighted by Crippen LogP contribution is -2.26. The van der Waals surface area contributed by atoms with E-state index in [9.17, 15) is 0 Å². The average Bonchev–Trinajstić information content (AvgIpc) is 2.30. The Kier molecular flexibility index (Phi) is 5.91. The number of likely N-dealkylation sites (N-methyl/N-ethyl adjacent to an activating group) is 1. The molecule has 0 spiro atoms. The molecule has 0 aromatic carbocycles. The standard InChI is InChI=1S/C13H24N4/c1-4-7-11-10-12(14)16-13(15-11)8-9-17(5-2)6-3/h10H,4-9H2,1-3H3,(H2,14,15,16). The van der Waals surface area contributed by atoms with Gasteiger partial charge in [0.25, 0.3) is 0 Å². The maximum atomic E-state index is 5.80. The molecule has 1 heterocycles. The van der Waals surface area contributed by atoms with Gasteiger partial charge < -0.3 is 10.6 Å². The molecule has 4 nitrogen and oxygen atoms in total. The van der Waals surface area contributed by atoms with Crippen molar-refractivity contribution in [2.24, 2.45) is 0 Å². The van der Waals surface area contributed by atoms with E-state index in [1.807, 2.05) is 6.07 Å². The van der Waals surface area contributed by atoms with E-state index in [1.54, 1.807) is 0 Å². The molecule has 1 aromatic rings. The SMILES string of the molecule is CCCc1cc(N)nc(CCN(CC)CC)n1. The number of nitrogen functional groups attached to an aromatic ring is 1. The Morgan fingerprint density at radius 3 is 2.41 bits per heavy atom. The molecule has 96 valence electrons. The van der Waals surface area contributed by atoms with Gasteiger partial charge in [-0.3, -0.25) is 0 Å². The topological polar surface area (TPSA) is 55.0 Å². The van der Waals surface area contributed by atoms with Crippen LogP contribution in [0.25, 0.3) is 0 Å². The number of nitrogens with zero attached hydrogens (tertiary/aromatic N) is 3. The van der Waals surface area contributed by atoms with E-state index in [0.29, 0.717) is 5.82 Å². The van der Waals surface area contributed by atoms with Crippen molar-refractivity contribution in [3.8, 4) is 0 Å². The summed E-state index contributed by atoms with van der Waals surface area (Å²) < 4.78 is 0. The fourth-order valence-corrected chi connectivity index (χ4v) is 1.87. The molecule has 1 aromatic heterocycles. The molecule has 0 radical (unpaired) electrons. The minimum absolute atomic E-state index is 0.595. The predicted molar refractivity (Wildman–Crippen MR) is 71.9 cm³/mol. The van der Waals surface area contributed by atoms with Crippen molar-refractivity contribution < 1.29 is 0 Å². The molecule has 0 saturated carbocycles. The number of anilines is 1. The Hall–Kier alpha value is -1.16. The van der Waals surface area contributed by atoms with Crippen LogP contribution >= 0.6 is 0 Å². The van der Waals surface area contributed by atoms with Crippen LogP contribution in [0.5, 0.6) is 0 Å². The average molecular weight is 236 g/mol. The van der Waals surface area contributed by atoms with E-state index >= 15 is 0 Å². The summed E-state index contributed by atoms with van der Waals surface area (Å²) in [6, 6.07) is 1.88. The Labute approximate surface area is 104 Å². The minimum Gasteiger partial charge on any atom is -0.384 e. The van der Waals surface area contributed by atoms with Crippen LogP contribution in [-0.2, 0) is 12.8 Å². The molecule has 0 amide bonds. The maximum absolute atomic E-state index is 5.80. The van der Waals surface area contributed by atoms with Gasteiger partial charge in [0.05, 0.1) is 0 Å². The normalized spacial score (nSPS) is 11.1. The van der Waals surface area contributed by atoms with Crippen LogP contribution in [0.1, 0.15) is 38.7 Å². The molecule has 0 saturated heterocycles. The Bertz CT molecular complexity index is 334. The van der Waals surface area contributed by atoms with E-state index < -0.39 is 0 Å². The highest BCUT2D eigenvalue weighted by atomic mass is 15.1. The van der Waals surface area contributed by atoms with Gasteiger partial charge in [0.1, 0.15) is 11.6 Å². The molecule has 2 N–H and O–H groups in total. The molecule has 0 bridgehead atoms. The zero-order valence-corrected chi connectivity index (χ0v) is 11.2. The number of rotatable bonds is 7. The summed E-state index contributed by atoms with van der Waals surface area (Å²) in [7, 11) is 0. The van der Waals surface area contributed by atoms with E-state index in [1.165, 1.54) is 0 Å². The number of hydrogen-bond donors (Lipinski definition) is 1. The molecular weight excluding hydrogens is 212 g/mol. The summed E-state index contributed by atoms with van der Waals surface area (Å²) in [5, 5.41) is 0. The van der Waals surface area contributed by atoms with Gasteiger partial charge in [-0.05, 0) is 19.5 Å². The zero-order chi connectivity index (χ0) is 12.7. The van der Waals surface area contributed by atoms with Crippen molar-refractivity contribution >= 4 is 5.82 Å². The highest BCUT2D eigenvalue weighted by Gasteiger charge is 2.05. The molecule has 0 atom stereocenters. The van der Waals surface area contributed by atoms with Crippen LogP contribution in [-0.4, -0.2) is 34.5 Å². The molecule has 0 aliphatic carbocycles.